The van der Waals surface area contributed by atoms with Crippen molar-refractivity contribution >= 4 is 55.2 Å². The van der Waals surface area contributed by atoms with E-state index >= 15 is 0 Å². The Morgan fingerprint density at radius 2 is 1.86 bits per heavy atom. The van der Waals surface area contributed by atoms with Crippen LogP contribution in [0.4, 0.5) is 0 Å². The third-order valence-electron chi connectivity index (χ3n) is 5.55. The van der Waals surface area contributed by atoms with E-state index in [1.165, 1.54) is 11.3 Å². The first-order chi connectivity index (χ1) is 16.9. The lowest BCUT2D eigenvalue weighted by atomic mass is 9.93. The van der Waals surface area contributed by atoms with Crippen LogP contribution in [0.2, 0.25) is 0 Å². The number of nitrogens with zero attached hydrogens (tertiary/aromatic N) is 2. The predicted molar refractivity (Wildman–Crippen MR) is 144 cm³/mol. The molecule has 6 nitrogen and oxygen atoms in total. The lowest BCUT2D eigenvalue weighted by Crippen LogP contribution is -2.40. The molecular formula is C26H24Br2N2O4S. The minimum atomic E-state index is -0.730. The second-order valence-corrected chi connectivity index (χ2v) is 10.7. The molecule has 0 unspecified atom stereocenters. The molecule has 0 aliphatic carbocycles. The van der Waals surface area contributed by atoms with E-state index in [9.17, 15) is 9.59 Å². The molecule has 2 aromatic carbocycles. The largest absolute Gasteiger partial charge is 0.496 e. The molecule has 2 heterocycles. The fraction of sp³-hybridized carbons (Fsp3) is 0.269. The van der Waals surface area contributed by atoms with Crippen molar-refractivity contribution in [1.82, 2.24) is 4.57 Å². The summed E-state index contributed by atoms with van der Waals surface area (Å²) in [7, 11) is 1.57. The molecule has 0 radical (unpaired) electrons. The minimum Gasteiger partial charge on any atom is -0.496 e. The molecule has 0 fully saturated rings. The van der Waals surface area contributed by atoms with Crippen molar-refractivity contribution in [3.8, 4) is 5.75 Å². The van der Waals surface area contributed by atoms with Crippen molar-refractivity contribution in [2.75, 3.05) is 13.7 Å². The summed E-state index contributed by atoms with van der Waals surface area (Å²) >= 11 is 8.29. The molecule has 0 spiro atoms. The number of thiazole rings is 1. The molecule has 0 N–H and O–H groups in total. The highest BCUT2D eigenvalue weighted by molar-refractivity contribution is 9.10. The quantitative estimate of drug-likeness (QED) is 0.345. The number of hydrogen-bond donors (Lipinski definition) is 0. The number of fused-ring (bicyclic) bond motifs is 1. The molecular weight excluding hydrogens is 596 g/mol. The molecule has 3 aromatic rings. The molecule has 0 amide bonds. The first kappa shape index (κ1) is 25.6. The Hall–Kier alpha value is -2.49. The Balaban J connectivity index is 2.04. The van der Waals surface area contributed by atoms with Crippen LogP contribution in [0, 0.1) is 0 Å². The summed E-state index contributed by atoms with van der Waals surface area (Å²) < 4.78 is 15.0. The number of rotatable bonds is 7. The Morgan fingerprint density at radius 3 is 2.51 bits per heavy atom. The van der Waals surface area contributed by atoms with Crippen LogP contribution in [-0.4, -0.2) is 24.3 Å². The van der Waals surface area contributed by atoms with Crippen molar-refractivity contribution in [2.45, 2.75) is 32.7 Å². The second-order valence-electron chi connectivity index (χ2n) is 7.85. The van der Waals surface area contributed by atoms with E-state index in [0.717, 1.165) is 20.9 Å². The summed E-state index contributed by atoms with van der Waals surface area (Å²) in [6.07, 6.45) is 3.22. The summed E-state index contributed by atoms with van der Waals surface area (Å²) in [5.74, 6) is 0.0918. The highest BCUT2D eigenvalue weighted by Crippen LogP contribution is 2.38. The zero-order valence-corrected chi connectivity index (χ0v) is 23.5. The van der Waals surface area contributed by atoms with E-state index in [4.69, 9.17) is 14.5 Å². The number of esters is 1. The normalized spacial score (nSPS) is 15.6. The van der Waals surface area contributed by atoms with Gasteiger partial charge in [0.15, 0.2) is 4.80 Å². The molecule has 1 aliphatic heterocycles. The molecule has 9 heteroatoms. The van der Waals surface area contributed by atoms with Crippen LogP contribution >= 0.6 is 43.2 Å². The smallest absolute Gasteiger partial charge is 0.338 e. The number of ether oxygens (including phenoxy) is 2. The number of aromatic nitrogens is 1. The zero-order valence-electron chi connectivity index (χ0n) is 19.5. The van der Waals surface area contributed by atoms with Crippen LogP contribution in [0.25, 0.3) is 6.08 Å². The number of carbonyl (C=O) groups is 1. The molecule has 0 bridgehead atoms. The number of allylic oxidation sites excluding steroid dienone is 1. The topological polar surface area (TPSA) is 69.9 Å². The van der Waals surface area contributed by atoms with Gasteiger partial charge in [-0.25, -0.2) is 9.79 Å². The van der Waals surface area contributed by atoms with Crippen molar-refractivity contribution < 1.29 is 14.3 Å². The van der Waals surface area contributed by atoms with Crippen molar-refractivity contribution in [3.05, 3.63) is 93.5 Å². The van der Waals surface area contributed by atoms with Gasteiger partial charge in [-0.05, 0) is 55.3 Å². The van der Waals surface area contributed by atoms with Gasteiger partial charge in [-0.2, -0.15) is 0 Å². The van der Waals surface area contributed by atoms with Gasteiger partial charge >= 0.3 is 5.97 Å². The first-order valence-corrected chi connectivity index (χ1v) is 13.6. The summed E-state index contributed by atoms with van der Waals surface area (Å²) in [6, 6.07) is 12.6. The molecule has 1 aromatic heterocycles. The maximum absolute atomic E-state index is 13.8. The molecule has 35 heavy (non-hydrogen) atoms. The summed E-state index contributed by atoms with van der Waals surface area (Å²) in [6.45, 7) is 4.01. The van der Waals surface area contributed by atoms with Crippen LogP contribution in [0.3, 0.4) is 0 Å². The third kappa shape index (κ3) is 5.22. The average Bonchev–Trinajstić information content (AvgIpc) is 3.14. The number of benzene rings is 2. The Morgan fingerprint density at radius 1 is 1.14 bits per heavy atom. The van der Waals surface area contributed by atoms with Crippen LogP contribution in [0.5, 0.6) is 5.75 Å². The molecule has 0 saturated heterocycles. The Labute approximate surface area is 223 Å². The first-order valence-electron chi connectivity index (χ1n) is 11.2. The van der Waals surface area contributed by atoms with Gasteiger partial charge in [0.2, 0.25) is 0 Å². The lowest BCUT2D eigenvalue weighted by molar-refractivity contribution is -0.139. The van der Waals surface area contributed by atoms with E-state index in [1.807, 2.05) is 55.5 Å². The van der Waals surface area contributed by atoms with Crippen LogP contribution < -0.4 is 19.6 Å². The Bertz CT molecular complexity index is 1470. The SMILES string of the molecule is CCCC1=C(C(=O)OCC)[C@@H](c2cc(Br)ccc2OC)n2c(s/c(=C/c3ccc(Br)cc3)c2=O)=N1. The van der Waals surface area contributed by atoms with E-state index in [1.54, 1.807) is 18.6 Å². The number of methoxy groups -OCH3 is 1. The standard InChI is InChI=1S/C26H24Br2N2O4S/c1-4-6-19-22(25(32)34-5-2)23(18-14-17(28)11-12-20(18)33-3)30-24(31)21(35-26(30)29-19)13-15-7-9-16(27)10-8-15/h7-14,23H,4-6H2,1-3H3/b21-13+/t23-/m1/s1. The predicted octanol–water partition coefficient (Wildman–Crippen LogP) is 5.11. The van der Waals surface area contributed by atoms with Crippen molar-refractivity contribution in [3.63, 3.8) is 0 Å². The second kappa shape index (κ2) is 11.1. The maximum Gasteiger partial charge on any atom is 0.338 e. The van der Waals surface area contributed by atoms with E-state index < -0.39 is 12.0 Å². The molecule has 182 valence electrons. The summed E-state index contributed by atoms with van der Waals surface area (Å²) in [4.78, 5) is 32.4. The van der Waals surface area contributed by atoms with E-state index in [2.05, 4.69) is 31.9 Å². The van der Waals surface area contributed by atoms with Gasteiger partial charge in [-0.15, -0.1) is 0 Å². The van der Waals surface area contributed by atoms with Crippen molar-refractivity contribution in [2.24, 2.45) is 4.99 Å². The van der Waals surface area contributed by atoms with E-state index in [-0.39, 0.29) is 12.2 Å². The van der Waals surface area contributed by atoms with Crippen LogP contribution in [-0.2, 0) is 9.53 Å². The average molecular weight is 620 g/mol. The van der Waals surface area contributed by atoms with Gasteiger partial charge in [0, 0.05) is 14.5 Å². The number of halogens is 2. The molecule has 4 rings (SSSR count). The van der Waals surface area contributed by atoms with Crippen LogP contribution in [0.15, 0.2) is 72.5 Å². The monoisotopic (exact) mass is 618 g/mol. The van der Waals surface area contributed by atoms with Gasteiger partial charge < -0.3 is 9.47 Å². The van der Waals surface area contributed by atoms with Gasteiger partial charge in [0.1, 0.15) is 11.8 Å². The lowest BCUT2D eigenvalue weighted by Gasteiger charge is -2.27. The van der Waals surface area contributed by atoms with E-state index in [0.29, 0.717) is 38.3 Å². The highest BCUT2D eigenvalue weighted by atomic mass is 79.9. The summed E-state index contributed by atoms with van der Waals surface area (Å²) in [5.41, 5.74) is 2.36. The fourth-order valence-corrected chi connectivity index (χ4v) is 5.71. The maximum atomic E-state index is 13.8. The third-order valence-corrected chi connectivity index (χ3v) is 7.55. The Kier molecular flexibility index (Phi) is 8.09. The number of carbonyl (C=O) groups excluding carboxylic acids is 1. The highest BCUT2D eigenvalue weighted by Gasteiger charge is 2.36. The van der Waals surface area contributed by atoms with Crippen LogP contribution in [0.1, 0.15) is 43.9 Å². The molecule has 1 atom stereocenters. The fourth-order valence-electron chi connectivity index (χ4n) is 4.04. The van der Waals surface area contributed by atoms with Gasteiger partial charge in [-0.1, -0.05) is 68.7 Å². The van der Waals surface area contributed by atoms with Gasteiger partial charge in [0.25, 0.3) is 5.56 Å². The molecule has 1 aliphatic rings. The number of hydrogen-bond acceptors (Lipinski definition) is 6. The minimum absolute atomic E-state index is 0.220. The molecule has 0 saturated carbocycles. The van der Waals surface area contributed by atoms with Crippen molar-refractivity contribution in [1.29, 1.82) is 0 Å². The van der Waals surface area contributed by atoms with Gasteiger partial charge in [0.05, 0.1) is 29.5 Å². The zero-order chi connectivity index (χ0) is 25.1. The van der Waals surface area contributed by atoms with Gasteiger partial charge in [-0.3, -0.25) is 9.36 Å². The summed E-state index contributed by atoms with van der Waals surface area (Å²) in [5, 5.41) is 0.